The average Bonchev–Trinajstić information content (AvgIpc) is 3.42. The maximum atomic E-state index is 12.4. The van der Waals surface area contributed by atoms with E-state index >= 15 is 0 Å². The summed E-state index contributed by atoms with van der Waals surface area (Å²) >= 11 is 5.85. The van der Waals surface area contributed by atoms with Crippen LogP contribution in [0.5, 0.6) is 0 Å². The predicted octanol–water partition coefficient (Wildman–Crippen LogP) is 4.53. The predicted molar refractivity (Wildman–Crippen MR) is 109 cm³/mol. The number of amides is 2. The second-order valence-electron chi connectivity index (χ2n) is 8.11. The molecular formula is C22H25ClN2O2. The summed E-state index contributed by atoms with van der Waals surface area (Å²) in [6.45, 7) is 6.89. The number of rotatable bonds is 5. The molecule has 0 saturated heterocycles. The van der Waals surface area contributed by atoms with Gasteiger partial charge in [0.25, 0.3) is 0 Å². The van der Waals surface area contributed by atoms with Gasteiger partial charge in [0, 0.05) is 17.3 Å². The molecule has 27 heavy (non-hydrogen) atoms. The van der Waals surface area contributed by atoms with Gasteiger partial charge in [0.15, 0.2) is 0 Å². The quantitative estimate of drug-likeness (QED) is 0.795. The highest BCUT2D eigenvalue weighted by molar-refractivity contribution is 6.30. The molecule has 0 aliphatic heterocycles. The standard InChI is InChI=1S/C22H25ClN2O2/c1-22(2,3)15-6-10-17(11-7-15)25-21(27)19-12-18(19)20(26)24-13-14-4-8-16(23)9-5-14/h4-11,18-19H,12-13H2,1-3H3,(H,24,26)(H,25,27). The van der Waals surface area contributed by atoms with E-state index in [0.717, 1.165) is 11.3 Å². The first kappa shape index (κ1) is 19.4. The molecule has 2 amide bonds. The lowest BCUT2D eigenvalue weighted by atomic mass is 9.87. The van der Waals surface area contributed by atoms with Crippen LogP contribution in [0.2, 0.25) is 5.02 Å². The molecule has 0 heterocycles. The summed E-state index contributed by atoms with van der Waals surface area (Å²) in [5, 5.41) is 6.47. The molecule has 2 aromatic rings. The summed E-state index contributed by atoms with van der Waals surface area (Å²) in [5.41, 5.74) is 3.03. The zero-order valence-corrected chi connectivity index (χ0v) is 16.6. The van der Waals surface area contributed by atoms with Crippen LogP contribution >= 0.6 is 11.6 Å². The number of halogens is 1. The Morgan fingerprint density at radius 2 is 1.56 bits per heavy atom. The van der Waals surface area contributed by atoms with E-state index in [-0.39, 0.29) is 29.1 Å². The zero-order valence-electron chi connectivity index (χ0n) is 15.9. The van der Waals surface area contributed by atoms with Crippen molar-refractivity contribution in [3.63, 3.8) is 0 Å². The zero-order chi connectivity index (χ0) is 19.6. The molecule has 2 N–H and O–H groups in total. The Labute approximate surface area is 165 Å². The van der Waals surface area contributed by atoms with Gasteiger partial charge in [0.05, 0.1) is 11.8 Å². The van der Waals surface area contributed by atoms with E-state index in [1.807, 2.05) is 36.4 Å². The molecule has 2 atom stereocenters. The molecule has 0 bridgehead atoms. The Hall–Kier alpha value is -2.33. The third-order valence-corrected chi connectivity index (χ3v) is 5.11. The minimum Gasteiger partial charge on any atom is -0.352 e. The van der Waals surface area contributed by atoms with Gasteiger partial charge in [-0.05, 0) is 47.2 Å². The van der Waals surface area contributed by atoms with Gasteiger partial charge >= 0.3 is 0 Å². The van der Waals surface area contributed by atoms with E-state index in [4.69, 9.17) is 11.6 Å². The Morgan fingerprint density at radius 3 is 2.15 bits per heavy atom. The maximum absolute atomic E-state index is 12.4. The SMILES string of the molecule is CC(C)(C)c1ccc(NC(=O)C2CC2C(=O)NCc2ccc(Cl)cc2)cc1. The van der Waals surface area contributed by atoms with Crippen molar-refractivity contribution in [2.45, 2.75) is 39.2 Å². The van der Waals surface area contributed by atoms with E-state index in [1.54, 1.807) is 12.1 Å². The van der Waals surface area contributed by atoms with Crippen LogP contribution in [0.4, 0.5) is 5.69 Å². The molecule has 2 unspecified atom stereocenters. The summed E-state index contributed by atoms with van der Waals surface area (Å²) in [7, 11) is 0. The average molecular weight is 385 g/mol. The summed E-state index contributed by atoms with van der Waals surface area (Å²) in [6.07, 6.45) is 0.596. The smallest absolute Gasteiger partial charge is 0.228 e. The number of anilines is 1. The Morgan fingerprint density at radius 1 is 0.963 bits per heavy atom. The lowest BCUT2D eigenvalue weighted by Crippen LogP contribution is -2.27. The van der Waals surface area contributed by atoms with E-state index in [1.165, 1.54) is 5.56 Å². The largest absolute Gasteiger partial charge is 0.352 e. The third kappa shape index (κ3) is 5.10. The van der Waals surface area contributed by atoms with Crippen LogP contribution in [-0.4, -0.2) is 11.8 Å². The molecule has 142 valence electrons. The number of benzene rings is 2. The van der Waals surface area contributed by atoms with Crippen LogP contribution in [0.15, 0.2) is 48.5 Å². The minimum atomic E-state index is -0.252. The van der Waals surface area contributed by atoms with Crippen LogP contribution < -0.4 is 10.6 Å². The van der Waals surface area contributed by atoms with Crippen molar-refractivity contribution in [3.05, 3.63) is 64.7 Å². The van der Waals surface area contributed by atoms with Gasteiger partial charge < -0.3 is 10.6 Å². The molecule has 1 fully saturated rings. The van der Waals surface area contributed by atoms with E-state index < -0.39 is 0 Å². The fourth-order valence-corrected chi connectivity index (χ4v) is 3.11. The van der Waals surface area contributed by atoms with Gasteiger partial charge in [-0.15, -0.1) is 0 Å². The molecule has 0 spiro atoms. The van der Waals surface area contributed by atoms with E-state index in [9.17, 15) is 9.59 Å². The molecule has 1 saturated carbocycles. The van der Waals surface area contributed by atoms with Crippen molar-refractivity contribution >= 4 is 29.1 Å². The molecule has 1 aliphatic rings. The molecule has 2 aromatic carbocycles. The fourth-order valence-electron chi connectivity index (χ4n) is 2.99. The Balaban J connectivity index is 1.48. The van der Waals surface area contributed by atoms with Gasteiger partial charge in [-0.2, -0.15) is 0 Å². The van der Waals surface area contributed by atoms with Crippen molar-refractivity contribution in [1.29, 1.82) is 0 Å². The molecule has 1 aliphatic carbocycles. The summed E-state index contributed by atoms with van der Waals surface area (Å²) in [4.78, 5) is 24.6. The highest BCUT2D eigenvalue weighted by Crippen LogP contribution is 2.39. The van der Waals surface area contributed by atoms with Crippen molar-refractivity contribution in [3.8, 4) is 0 Å². The van der Waals surface area contributed by atoms with E-state index in [2.05, 4.69) is 31.4 Å². The van der Waals surface area contributed by atoms with Gasteiger partial charge in [0.2, 0.25) is 11.8 Å². The molecular weight excluding hydrogens is 360 g/mol. The van der Waals surface area contributed by atoms with Crippen molar-refractivity contribution < 1.29 is 9.59 Å². The van der Waals surface area contributed by atoms with Gasteiger partial charge in [0.1, 0.15) is 0 Å². The summed E-state index contributed by atoms with van der Waals surface area (Å²) in [6, 6.07) is 15.2. The van der Waals surface area contributed by atoms with Crippen LogP contribution in [0.1, 0.15) is 38.3 Å². The summed E-state index contributed by atoms with van der Waals surface area (Å²) in [5.74, 6) is -0.665. The van der Waals surface area contributed by atoms with Crippen molar-refractivity contribution in [1.82, 2.24) is 5.32 Å². The highest BCUT2D eigenvalue weighted by atomic mass is 35.5. The number of carbonyl (C=O) groups is 2. The summed E-state index contributed by atoms with van der Waals surface area (Å²) < 4.78 is 0. The van der Waals surface area contributed by atoms with Gasteiger partial charge in [-0.25, -0.2) is 0 Å². The molecule has 3 rings (SSSR count). The first-order valence-corrected chi connectivity index (χ1v) is 9.55. The monoisotopic (exact) mass is 384 g/mol. The number of nitrogens with one attached hydrogen (secondary N) is 2. The first-order chi connectivity index (χ1) is 12.7. The Bertz CT molecular complexity index is 823. The van der Waals surface area contributed by atoms with Crippen LogP contribution in [-0.2, 0) is 21.5 Å². The topological polar surface area (TPSA) is 58.2 Å². The normalized spacial score (nSPS) is 18.7. The lowest BCUT2D eigenvalue weighted by molar-refractivity contribution is -0.125. The highest BCUT2D eigenvalue weighted by Gasteiger charge is 2.47. The first-order valence-electron chi connectivity index (χ1n) is 9.17. The molecule has 4 nitrogen and oxygen atoms in total. The second-order valence-corrected chi connectivity index (χ2v) is 8.55. The van der Waals surface area contributed by atoms with Gasteiger partial charge in [-0.3, -0.25) is 9.59 Å². The molecule has 0 aromatic heterocycles. The maximum Gasteiger partial charge on any atom is 0.228 e. The Kier molecular flexibility index (Phi) is 5.56. The van der Waals surface area contributed by atoms with Crippen molar-refractivity contribution in [2.75, 3.05) is 5.32 Å². The number of carbonyl (C=O) groups excluding carboxylic acids is 2. The second kappa shape index (κ2) is 7.73. The number of hydrogen-bond donors (Lipinski definition) is 2. The molecule has 0 radical (unpaired) electrons. The number of hydrogen-bond acceptors (Lipinski definition) is 2. The fraction of sp³-hybridized carbons (Fsp3) is 0.364. The van der Waals surface area contributed by atoms with Crippen LogP contribution in [0, 0.1) is 11.8 Å². The van der Waals surface area contributed by atoms with Gasteiger partial charge in [-0.1, -0.05) is 56.6 Å². The molecule has 5 heteroatoms. The lowest BCUT2D eigenvalue weighted by Gasteiger charge is -2.19. The van der Waals surface area contributed by atoms with Crippen LogP contribution in [0.3, 0.4) is 0 Å². The van der Waals surface area contributed by atoms with E-state index in [0.29, 0.717) is 18.0 Å². The van der Waals surface area contributed by atoms with Crippen LogP contribution in [0.25, 0.3) is 0 Å². The minimum absolute atomic E-state index is 0.0757. The van der Waals surface area contributed by atoms with Crippen molar-refractivity contribution in [2.24, 2.45) is 11.8 Å². The third-order valence-electron chi connectivity index (χ3n) is 4.86.